The Morgan fingerprint density at radius 2 is 0.986 bits per heavy atom. The first-order chi connectivity index (χ1) is 33.3. The predicted octanol–water partition coefficient (Wildman–Crippen LogP) is 8.82. The van der Waals surface area contributed by atoms with Crippen molar-refractivity contribution in [3.8, 4) is 22.3 Å². The van der Waals surface area contributed by atoms with Crippen molar-refractivity contribution in [1.29, 1.82) is 0 Å². The van der Waals surface area contributed by atoms with Gasteiger partial charge in [-0.25, -0.2) is 23.2 Å². The Kier molecular flexibility index (Phi) is 17.1. The van der Waals surface area contributed by atoms with E-state index in [2.05, 4.69) is 19.9 Å². The molecule has 0 saturated carbocycles. The zero-order chi connectivity index (χ0) is 53.7. The van der Waals surface area contributed by atoms with Gasteiger partial charge in [0.15, 0.2) is 11.6 Å². The molecule has 2 aliphatic heterocycles. The first-order valence-electron chi connectivity index (χ1n) is 22.2. The van der Waals surface area contributed by atoms with Crippen molar-refractivity contribution in [2.45, 2.75) is 128 Å². The fourth-order valence-electron chi connectivity index (χ4n) is 7.62. The molecule has 6 heterocycles. The fraction of sp³-hybridized carbons (Fsp3) is 0.458. The fourth-order valence-corrected chi connectivity index (χ4v) is 7.62. The molecule has 3 N–H and O–H groups in total. The number of carboxylic acid groups (broad SMARTS) is 1. The topological polar surface area (TPSA) is 225 Å². The van der Waals surface area contributed by atoms with Gasteiger partial charge in [0.1, 0.15) is 34.9 Å². The average Bonchev–Trinajstić information content (AvgIpc) is 3.88. The van der Waals surface area contributed by atoms with Gasteiger partial charge in [0.05, 0.1) is 36.3 Å². The van der Waals surface area contributed by atoms with Crippen LogP contribution in [0.3, 0.4) is 0 Å². The maximum atomic E-state index is 14.1. The summed E-state index contributed by atoms with van der Waals surface area (Å²) < 4.78 is 116. The number of halogens is 8. The number of primary amides is 1. The number of Topliss-reactive ketones (excluding diaryl/α,β-unsaturated/α-hetero) is 2. The van der Waals surface area contributed by atoms with Crippen LogP contribution >= 0.6 is 0 Å². The molecule has 3 amide bonds. The molecule has 2 saturated heterocycles. The number of hydrogen-bond donors (Lipinski definition) is 2. The highest BCUT2D eigenvalue weighted by Crippen LogP contribution is 2.33. The van der Waals surface area contributed by atoms with Crippen LogP contribution in [0.15, 0.2) is 61.2 Å². The molecule has 4 atom stereocenters. The lowest BCUT2D eigenvalue weighted by Gasteiger charge is -2.27. The highest BCUT2D eigenvalue weighted by molar-refractivity contribution is 5.99. The van der Waals surface area contributed by atoms with E-state index >= 15 is 0 Å². The second kappa shape index (κ2) is 22.1. The molecule has 6 rings (SSSR count). The van der Waals surface area contributed by atoms with Crippen LogP contribution in [-0.4, -0.2) is 119 Å². The number of carbonyl (C=O) groups is 6. The number of aromatic carboxylic acids is 1. The van der Waals surface area contributed by atoms with Gasteiger partial charge in [0, 0.05) is 78.5 Å². The van der Waals surface area contributed by atoms with Crippen molar-refractivity contribution in [1.82, 2.24) is 29.7 Å². The lowest BCUT2D eigenvalue weighted by atomic mass is 9.99. The summed E-state index contributed by atoms with van der Waals surface area (Å²) in [7, 11) is 0. The second-order valence-electron chi connectivity index (χ2n) is 18.9. The quantitative estimate of drug-likeness (QED) is 0.127. The summed E-state index contributed by atoms with van der Waals surface area (Å²) in [6.07, 6.45) is -9.87. The summed E-state index contributed by atoms with van der Waals surface area (Å²) in [6, 6.07) is 4.59. The van der Waals surface area contributed by atoms with Crippen molar-refractivity contribution < 1.29 is 78.5 Å². The molecule has 2 aliphatic rings. The van der Waals surface area contributed by atoms with Gasteiger partial charge in [-0.15, -0.1) is 0 Å². The number of pyridine rings is 4. The number of amides is 3. The van der Waals surface area contributed by atoms with E-state index in [1.54, 1.807) is 41.5 Å². The lowest BCUT2D eigenvalue weighted by Crippen LogP contribution is -2.43. The number of rotatable bonds is 12. The van der Waals surface area contributed by atoms with E-state index in [-0.39, 0.29) is 90.8 Å². The number of aryl methyl sites for hydroxylation is 2. The zero-order valence-electron chi connectivity index (χ0n) is 39.7. The summed E-state index contributed by atoms with van der Waals surface area (Å²) in [5.41, 5.74) is 2.53. The zero-order valence-corrected chi connectivity index (χ0v) is 39.7. The number of carboxylic acids is 1. The van der Waals surface area contributed by atoms with E-state index in [0.29, 0.717) is 11.4 Å². The molecule has 16 nitrogen and oxygen atoms in total. The Morgan fingerprint density at radius 3 is 1.31 bits per heavy atom. The van der Waals surface area contributed by atoms with E-state index in [9.17, 15) is 69.0 Å². The van der Waals surface area contributed by atoms with Crippen molar-refractivity contribution in [2.75, 3.05) is 13.1 Å². The summed E-state index contributed by atoms with van der Waals surface area (Å²) in [4.78, 5) is 91.1. The van der Waals surface area contributed by atoms with Crippen molar-refractivity contribution in [2.24, 2.45) is 5.73 Å². The molecule has 72 heavy (non-hydrogen) atoms. The number of ketones is 2. The number of nitrogens with zero attached hydrogens (tertiary/aromatic N) is 6. The third kappa shape index (κ3) is 14.9. The van der Waals surface area contributed by atoms with Crippen molar-refractivity contribution >= 4 is 35.6 Å². The molecule has 2 fully saturated rings. The minimum absolute atomic E-state index is 0.0289. The largest absolute Gasteiger partial charge is 0.478 e. The van der Waals surface area contributed by atoms with Crippen molar-refractivity contribution in [3.63, 3.8) is 0 Å². The average molecular weight is 1020 g/mol. The van der Waals surface area contributed by atoms with E-state index in [0.717, 1.165) is 52.7 Å². The molecule has 24 heteroatoms. The van der Waals surface area contributed by atoms with Crippen molar-refractivity contribution in [3.05, 3.63) is 95.1 Å². The Bertz CT molecular complexity index is 2470. The van der Waals surface area contributed by atoms with E-state index in [4.69, 9.17) is 15.2 Å². The number of aromatic nitrogens is 4. The Hall–Kier alpha value is -7.14. The number of ether oxygens (including phenoxy) is 2. The number of likely N-dealkylation sites (tertiary alicyclic amines) is 2. The van der Waals surface area contributed by atoms with Gasteiger partial charge in [-0.1, -0.05) is 12.1 Å². The first-order valence-corrected chi connectivity index (χ1v) is 22.2. The number of alkyl halides is 8. The molecule has 2 unspecified atom stereocenters. The SMILES string of the molecule is CC(C)(C)OC(=O)N1C[C@H](F)CC1C(=O)CCc1cc(-c2ccc(C(F)(F)F)nc2)c(C(=O)O)cn1.CC(C)(C)OC(=O)N1C[C@H](F)CC1C(=O)CCc1cc(-c2ccc(C(F)(F)F)nc2)c(C(N)=O)cn1. The summed E-state index contributed by atoms with van der Waals surface area (Å²) in [5.74, 6) is -2.98. The normalized spacial score (nSPS) is 18.2. The van der Waals surface area contributed by atoms with Gasteiger partial charge in [-0.3, -0.25) is 44.1 Å². The smallest absolute Gasteiger partial charge is 0.433 e. The molecular weight excluding hydrogens is 971 g/mol. The van der Waals surface area contributed by atoms with Gasteiger partial charge in [-0.2, -0.15) is 26.3 Å². The number of carbonyl (C=O) groups excluding carboxylic acids is 5. The maximum absolute atomic E-state index is 14.1. The molecule has 4 aromatic rings. The Labute approximate surface area is 407 Å². The number of hydrogen-bond acceptors (Lipinski definition) is 12. The Balaban J connectivity index is 0.000000267. The minimum atomic E-state index is -4.65. The van der Waals surface area contributed by atoms with Gasteiger partial charge in [0.25, 0.3) is 5.91 Å². The lowest BCUT2D eigenvalue weighted by molar-refractivity contribution is -0.141. The highest BCUT2D eigenvalue weighted by atomic mass is 19.4. The first kappa shape index (κ1) is 55.8. The maximum Gasteiger partial charge on any atom is 0.433 e. The van der Waals surface area contributed by atoms with Gasteiger partial charge < -0.3 is 20.3 Å². The van der Waals surface area contributed by atoms with Crippen LogP contribution in [0.5, 0.6) is 0 Å². The summed E-state index contributed by atoms with van der Waals surface area (Å²) >= 11 is 0. The standard InChI is InChI=1S/C24H26F4N4O4.C24H25F4N3O5/c1-23(2,3)36-22(35)32-12-14(25)8-18(32)19(33)6-5-15-9-16(17(11-30-15)21(29)34)13-4-7-20(31-10-13)24(26,27)28;1-23(2,3)36-22(35)31-12-14(25)8-18(31)19(32)6-5-15-9-16(17(11-29-15)21(33)34)13-4-7-20(30-10-13)24(26,27)28/h4,7,9-11,14,18H,5-6,8,12H2,1-3H3,(H2,29,34);4,7,9-11,14,18H,5-6,8,12H2,1-3H3,(H,33,34)/t2*14-,18?/m11/s1. The molecule has 0 spiro atoms. The van der Waals surface area contributed by atoms with Crippen LogP contribution in [0.25, 0.3) is 22.3 Å². The van der Waals surface area contributed by atoms with E-state index < -0.39 is 89.2 Å². The Morgan fingerprint density at radius 1 is 0.611 bits per heavy atom. The van der Waals surface area contributed by atoms with Gasteiger partial charge in [0.2, 0.25) is 0 Å². The predicted molar refractivity (Wildman–Crippen MR) is 240 cm³/mol. The molecule has 4 aromatic heterocycles. The van der Waals surface area contributed by atoms with Crippen LogP contribution in [-0.2, 0) is 44.3 Å². The van der Waals surface area contributed by atoms with E-state index in [1.165, 1.54) is 18.3 Å². The van der Waals surface area contributed by atoms with Crippen LogP contribution < -0.4 is 5.73 Å². The number of nitrogens with two attached hydrogens (primary N) is 1. The van der Waals surface area contributed by atoms with E-state index in [1.807, 2.05) is 0 Å². The molecule has 0 bridgehead atoms. The minimum Gasteiger partial charge on any atom is -0.478 e. The monoisotopic (exact) mass is 1020 g/mol. The van der Waals surface area contributed by atoms with Crippen LogP contribution in [0.2, 0.25) is 0 Å². The third-order valence-electron chi connectivity index (χ3n) is 10.9. The van der Waals surface area contributed by atoms with Crippen LogP contribution in [0, 0.1) is 0 Å². The molecule has 0 aliphatic carbocycles. The molecule has 0 radical (unpaired) electrons. The third-order valence-corrected chi connectivity index (χ3v) is 10.9. The molecule has 0 aromatic carbocycles. The van der Waals surface area contributed by atoms with Gasteiger partial charge >= 0.3 is 30.5 Å². The molecular formula is C48H51F8N7O9. The molecule has 388 valence electrons. The van der Waals surface area contributed by atoms with Gasteiger partial charge in [-0.05, 0) is 84.2 Å². The van der Waals surface area contributed by atoms with Crippen LogP contribution in [0.4, 0.5) is 44.7 Å². The van der Waals surface area contributed by atoms with Crippen LogP contribution in [0.1, 0.15) is 111 Å². The second-order valence-corrected chi connectivity index (χ2v) is 18.9. The highest BCUT2D eigenvalue weighted by Gasteiger charge is 2.43. The summed E-state index contributed by atoms with van der Waals surface area (Å²) in [6.45, 7) is 9.44. The summed E-state index contributed by atoms with van der Waals surface area (Å²) in [5, 5.41) is 9.47.